The van der Waals surface area contributed by atoms with Crippen molar-refractivity contribution in [1.82, 2.24) is 5.32 Å². The zero-order valence-corrected chi connectivity index (χ0v) is 34.8. The number of esters is 3. The molecular formula is C44H69NO9. The molecule has 1 aromatic rings. The highest BCUT2D eigenvalue weighted by Crippen LogP contribution is 2.42. The van der Waals surface area contributed by atoms with E-state index in [0.717, 1.165) is 44.1 Å². The predicted octanol–water partition coefficient (Wildman–Crippen LogP) is 8.91. The van der Waals surface area contributed by atoms with Crippen LogP contribution < -0.4 is 5.32 Å². The van der Waals surface area contributed by atoms with Crippen molar-refractivity contribution in [3.63, 3.8) is 0 Å². The number of Topliss-reactive ketones (excluding diaryl/α,β-unsaturated/α-hetero) is 1. The van der Waals surface area contributed by atoms with Gasteiger partial charge in [-0.2, -0.15) is 0 Å². The molecule has 2 rings (SSSR count). The summed E-state index contributed by atoms with van der Waals surface area (Å²) in [7, 11) is 0. The maximum absolute atomic E-state index is 14.5. The van der Waals surface area contributed by atoms with E-state index in [9.17, 15) is 24.0 Å². The molecule has 1 N–H and O–H groups in total. The lowest BCUT2D eigenvalue weighted by Gasteiger charge is -2.33. The molecule has 0 unspecified atom stereocenters. The number of cyclic esters (lactones) is 1. The summed E-state index contributed by atoms with van der Waals surface area (Å²) in [6.45, 7) is 18.1. The van der Waals surface area contributed by atoms with E-state index in [1.54, 1.807) is 47.6 Å². The third-order valence-corrected chi connectivity index (χ3v) is 8.95. The van der Waals surface area contributed by atoms with Gasteiger partial charge in [0.05, 0.1) is 12.3 Å². The number of ether oxygens (including phenoxy) is 4. The summed E-state index contributed by atoms with van der Waals surface area (Å²) in [4.78, 5) is 67.8. The summed E-state index contributed by atoms with van der Waals surface area (Å²) in [6, 6.07) is 8.13. The van der Waals surface area contributed by atoms with E-state index in [1.807, 2.05) is 57.2 Å². The Morgan fingerprint density at radius 1 is 0.815 bits per heavy atom. The molecule has 10 heteroatoms. The van der Waals surface area contributed by atoms with Gasteiger partial charge >= 0.3 is 17.9 Å². The van der Waals surface area contributed by atoms with Crippen LogP contribution in [0.2, 0.25) is 0 Å². The largest absolute Gasteiger partial charge is 0.460 e. The average Bonchev–Trinajstić information content (AvgIpc) is 3.38. The Balaban J connectivity index is 2.36. The minimum atomic E-state index is -2.07. The second-order valence-electron chi connectivity index (χ2n) is 17.7. The summed E-state index contributed by atoms with van der Waals surface area (Å²) < 4.78 is 23.5. The Kier molecular flexibility index (Phi) is 18.6. The molecule has 1 aliphatic rings. The molecule has 54 heavy (non-hydrogen) atoms. The molecule has 304 valence electrons. The topological polar surface area (TPSA) is 134 Å². The molecule has 1 saturated heterocycles. The van der Waals surface area contributed by atoms with E-state index in [4.69, 9.17) is 18.9 Å². The molecule has 1 heterocycles. The number of hydrogen-bond acceptors (Lipinski definition) is 9. The molecule has 4 atom stereocenters. The van der Waals surface area contributed by atoms with Crippen molar-refractivity contribution in [3.8, 4) is 0 Å². The van der Waals surface area contributed by atoms with Crippen LogP contribution in [0.5, 0.6) is 0 Å². The van der Waals surface area contributed by atoms with Crippen molar-refractivity contribution < 1.29 is 42.9 Å². The van der Waals surface area contributed by atoms with Crippen LogP contribution in [0.15, 0.2) is 42.5 Å². The van der Waals surface area contributed by atoms with Gasteiger partial charge in [-0.1, -0.05) is 109 Å². The van der Waals surface area contributed by atoms with E-state index in [0.29, 0.717) is 25.0 Å². The second-order valence-corrected chi connectivity index (χ2v) is 17.7. The van der Waals surface area contributed by atoms with Crippen molar-refractivity contribution in [1.29, 1.82) is 0 Å². The van der Waals surface area contributed by atoms with Gasteiger partial charge in [-0.3, -0.25) is 14.4 Å². The van der Waals surface area contributed by atoms with Gasteiger partial charge in [0, 0.05) is 24.7 Å². The number of carbonyl (C=O) groups is 5. The van der Waals surface area contributed by atoms with Crippen molar-refractivity contribution in [3.05, 3.63) is 48.0 Å². The SMILES string of the molecule is CCCCCCCC(=O)CCCCCC/C=C/[C@H](C(=O)N[C@@H](Cc1ccccc1)C(=O)OC(C)(C)C)[C@]1(CC(=O)OC(C)(C)C)O[C@H](C(C)(C)C)OC1=O. The molecule has 0 aliphatic carbocycles. The zero-order chi connectivity index (χ0) is 40.6. The molecule has 0 spiro atoms. The summed E-state index contributed by atoms with van der Waals surface area (Å²) in [6.07, 6.45) is 12.8. The number of hydrogen-bond donors (Lipinski definition) is 1. The predicted molar refractivity (Wildman–Crippen MR) is 210 cm³/mol. The van der Waals surface area contributed by atoms with Gasteiger partial charge in [-0.05, 0) is 72.8 Å². The van der Waals surface area contributed by atoms with Gasteiger partial charge in [0.2, 0.25) is 12.2 Å². The number of ketones is 1. The fraction of sp³-hybridized carbons (Fsp3) is 0.705. The fourth-order valence-corrected chi connectivity index (χ4v) is 6.18. The smallest absolute Gasteiger partial charge is 0.342 e. The van der Waals surface area contributed by atoms with Crippen molar-refractivity contribution in [2.45, 2.75) is 188 Å². The minimum absolute atomic E-state index is 0.133. The summed E-state index contributed by atoms with van der Waals surface area (Å²) >= 11 is 0. The third-order valence-electron chi connectivity index (χ3n) is 8.95. The van der Waals surface area contributed by atoms with Crippen molar-refractivity contribution in [2.24, 2.45) is 11.3 Å². The molecule has 0 saturated carbocycles. The highest BCUT2D eigenvalue weighted by atomic mass is 16.8. The Morgan fingerprint density at radius 3 is 1.93 bits per heavy atom. The second kappa shape index (κ2) is 21.5. The molecule has 1 aliphatic heterocycles. The molecule has 1 amide bonds. The molecule has 0 bridgehead atoms. The first-order valence-corrected chi connectivity index (χ1v) is 20.0. The lowest BCUT2D eigenvalue weighted by Crippen LogP contribution is -2.55. The zero-order valence-electron chi connectivity index (χ0n) is 34.8. The van der Waals surface area contributed by atoms with Crippen LogP contribution in [-0.2, 0) is 49.3 Å². The van der Waals surface area contributed by atoms with E-state index in [1.165, 1.54) is 19.3 Å². The lowest BCUT2D eigenvalue weighted by molar-refractivity contribution is -0.178. The molecule has 1 fully saturated rings. The normalized spacial score (nSPS) is 18.9. The maximum Gasteiger partial charge on any atom is 0.342 e. The van der Waals surface area contributed by atoms with Crippen LogP contribution in [0.1, 0.15) is 158 Å². The van der Waals surface area contributed by atoms with Gasteiger partial charge in [-0.15, -0.1) is 0 Å². The summed E-state index contributed by atoms with van der Waals surface area (Å²) in [5, 5.41) is 2.85. The van der Waals surface area contributed by atoms with Crippen LogP contribution in [0.3, 0.4) is 0 Å². The number of allylic oxidation sites excluding steroid dienone is 1. The first-order valence-electron chi connectivity index (χ1n) is 20.0. The van der Waals surface area contributed by atoms with Crippen LogP contribution in [0.25, 0.3) is 0 Å². The molecule has 1 aromatic carbocycles. The number of amides is 1. The summed E-state index contributed by atoms with van der Waals surface area (Å²) in [5.74, 6) is -3.96. The molecular weight excluding hydrogens is 686 g/mol. The highest BCUT2D eigenvalue weighted by Gasteiger charge is 2.61. The van der Waals surface area contributed by atoms with Gasteiger partial charge in [0.1, 0.15) is 23.0 Å². The van der Waals surface area contributed by atoms with Gasteiger partial charge in [0.15, 0.2) is 5.60 Å². The van der Waals surface area contributed by atoms with Gasteiger partial charge in [0.25, 0.3) is 0 Å². The van der Waals surface area contributed by atoms with Crippen LogP contribution in [0.4, 0.5) is 0 Å². The van der Waals surface area contributed by atoms with E-state index in [2.05, 4.69) is 12.2 Å². The first kappa shape index (κ1) is 46.6. The van der Waals surface area contributed by atoms with Gasteiger partial charge in [-0.25, -0.2) is 9.59 Å². The molecule has 10 nitrogen and oxygen atoms in total. The number of benzene rings is 1. The highest BCUT2D eigenvalue weighted by molar-refractivity contribution is 5.96. The number of rotatable bonds is 22. The standard InChI is InChI=1S/C44H69NO9/c1-11-12-13-16-22-27-33(46)28-23-17-14-15-18-24-29-34(37(48)45-35(38(49)53-43(8,9)10)30-32-25-20-19-21-26-32)44(31-36(47)52-42(5,6)7)39(50)51-40(54-44)41(2,3)4/h19-21,24-26,29,34-35,40H,11-18,22-23,27-28,30-31H2,1-10H3,(H,45,48)/b29-24+/t34-,35+,40-,44+/m1/s1. The Morgan fingerprint density at radius 2 is 1.39 bits per heavy atom. The van der Waals surface area contributed by atoms with Crippen LogP contribution in [0, 0.1) is 11.3 Å². The fourth-order valence-electron chi connectivity index (χ4n) is 6.18. The average molecular weight is 756 g/mol. The Hall–Kier alpha value is -3.53. The maximum atomic E-state index is 14.5. The third kappa shape index (κ3) is 16.9. The quantitative estimate of drug-likeness (QED) is 0.0533. The van der Waals surface area contributed by atoms with E-state index >= 15 is 0 Å². The molecule has 0 radical (unpaired) electrons. The van der Waals surface area contributed by atoms with Crippen molar-refractivity contribution >= 4 is 29.6 Å². The molecule has 0 aromatic heterocycles. The lowest BCUT2D eigenvalue weighted by atomic mass is 9.82. The minimum Gasteiger partial charge on any atom is -0.460 e. The van der Waals surface area contributed by atoms with Crippen LogP contribution in [-0.4, -0.2) is 58.7 Å². The first-order chi connectivity index (χ1) is 25.2. The van der Waals surface area contributed by atoms with E-state index < -0.39 is 70.7 Å². The van der Waals surface area contributed by atoms with Crippen LogP contribution >= 0.6 is 0 Å². The number of nitrogens with one attached hydrogen (secondary N) is 1. The van der Waals surface area contributed by atoms with E-state index in [-0.39, 0.29) is 6.42 Å². The monoisotopic (exact) mass is 755 g/mol. The van der Waals surface area contributed by atoms with Crippen molar-refractivity contribution in [2.75, 3.05) is 0 Å². The Labute approximate surface area is 324 Å². The number of carbonyl (C=O) groups excluding carboxylic acids is 5. The number of unbranched alkanes of at least 4 members (excludes halogenated alkanes) is 8. The summed E-state index contributed by atoms with van der Waals surface area (Å²) in [5.41, 5.74) is -3.65. The van der Waals surface area contributed by atoms with Gasteiger partial charge < -0.3 is 24.3 Å². The Bertz CT molecular complexity index is 1380.